The molecule has 5 nitrogen and oxygen atoms in total. The lowest BCUT2D eigenvalue weighted by Gasteiger charge is -2.16. The summed E-state index contributed by atoms with van der Waals surface area (Å²) < 4.78 is 0. The van der Waals surface area contributed by atoms with Gasteiger partial charge in [0.05, 0.1) is 15.5 Å². The van der Waals surface area contributed by atoms with Crippen LogP contribution in [-0.2, 0) is 6.42 Å². The molecule has 1 aliphatic heterocycles. The smallest absolute Gasteiger partial charge is 0.271 e. The zero-order chi connectivity index (χ0) is 14.3. The van der Waals surface area contributed by atoms with E-state index >= 15 is 0 Å². The zero-order valence-electron chi connectivity index (χ0n) is 10.8. The van der Waals surface area contributed by atoms with Crippen LogP contribution in [0.4, 0.5) is 11.4 Å². The molecular weight excluding hydrogens is 276 g/mol. The van der Waals surface area contributed by atoms with E-state index in [0.29, 0.717) is 17.1 Å². The van der Waals surface area contributed by atoms with Crippen LogP contribution in [0.1, 0.15) is 20.8 Å². The van der Waals surface area contributed by atoms with E-state index in [-0.39, 0.29) is 11.6 Å². The number of carbonyl (C=O) groups is 1. The molecule has 0 unspecified atom stereocenters. The van der Waals surface area contributed by atoms with Crippen LogP contribution in [0.15, 0.2) is 29.6 Å². The molecule has 0 bridgehead atoms. The Morgan fingerprint density at radius 3 is 2.85 bits per heavy atom. The SMILES string of the molecule is Cc1ccsc1C(=O)N1CCc2ccc([N+](=O)[O-])cc21. The third-order valence-corrected chi connectivity index (χ3v) is 4.48. The molecule has 2 aromatic rings. The fourth-order valence-electron chi connectivity index (χ4n) is 2.41. The number of non-ortho nitro benzene ring substituents is 1. The van der Waals surface area contributed by atoms with Crippen molar-refractivity contribution in [1.82, 2.24) is 0 Å². The highest BCUT2D eigenvalue weighted by Crippen LogP contribution is 2.33. The Balaban J connectivity index is 2.00. The summed E-state index contributed by atoms with van der Waals surface area (Å²) in [5, 5.41) is 12.7. The molecule has 1 aromatic heterocycles. The van der Waals surface area contributed by atoms with E-state index in [1.165, 1.54) is 23.5 Å². The standard InChI is InChI=1S/C14H12N2O3S/c1-9-5-7-20-13(9)14(17)15-6-4-10-2-3-11(16(18)19)8-12(10)15/h2-3,5,7-8H,4,6H2,1H3. The van der Waals surface area contributed by atoms with Gasteiger partial charge in [0, 0.05) is 18.7 Å². The van der Waals surface area contributed by atoms with Crippen molar-refractivity contribution in [3.8, 4) is 0 Å². The molecule has 1 amide bonds. The highest BCUT2D eigenvalue weighted by atomic mass is 32.1. The fourth-order valence-corrected chi connectivity index (χ4v) is 3.28. The lowest BCUT2D eigenvalue weighted by Crippen LogP contribution is -2.28. The first-order chi connectivity index (χ1) is 9.58. The number of hydrogen-bond donors (Lipinski definition) is 0. The summed E-state index contributed by atoms with van der Waals surface area (Å²) in [6, 6.07) is 6.62. The van der Waals surface area contributed by atoms with Crippen molar-refractivity contribution >= 4 is 28.6 Å². The molecule has 0 radical (unpaired) electrons. The van der Waals surface area contributed by atoms with Gasteiger partial charge >= 0.3 is 0 Å². The predicted octanol–water partition coefficient (Wildman–Crippen LogP) is 3.17. The number of nitro groups is 1. The average Bonchev–Trinajstić information content (AvgIpc) is 3.03. The minimum absolute atomic E-state index is 0.0198. The molecule has 3 rings (SSSR count). The van der Waals surface area contributed by atoms with Crippen molar-refractivity contribution in [2.45, 2.75) is 13.3 Å². The van der Waals surface area contributed by atoms with Gasteiger partial charge in [0.25, 0.3) is 11.6 Å². The second kappa shape index (κ2) is 4.72. The van der Waals surface area contributed by atoms with Gasteiger partial charge in [-0.15, -0.1) is 11.3 Å². The number of nitro benzene ring substituents is 1. The highest BCUT2D eigenvalue weighted by Gasteiger charge is 2.28. The van der Waals surface area contributed by atoms with E-state index in [0.717, 1.165) is 17.5 Å². The molecule has 20 heavy (non-hydrogen) atoms. The van der Waals surface area contributed by atoms with E-state index < -0.39 is 4.92 Å². The first-order valence-corrected chi connectivity index (χ1v) is 7.09. The summed E-state index contributed by atoms with van der Waals surface area (Å²) in [5.74, 6) is -0.0725. The number of hydrogen-bond acceptors (Lipinski definition) is 4. The van der Waals surface area contributed by atoms with Gasteiger partial charge in [-0.25, -0.2) is 0 Å². The van der Waals surface area contributed by atoms with Gasteiger partial charge in [-0.3, -0.25) is 14.9 Å². The highest BCUT2D eigenvalue weighted by molar-refractivity contribution is 7.12. The monoisotopic (exact) mass is 288 g/mol. The van der Waals surface area contributed by atoms with Crippen LogP contribution in [0.2, 0.25) is 0 Å². The lowest BCUT2D eigenvalue weighted by molar-refractivity contribution is -0.384. The molecule has 0 aliphatic carbocycles. The summed E-state index contributed by atoms with van der Waals surface area (Å²) in [6.45, 7) is 2.47. The number of rotatable bonds is 2. The van der Waals surface area contributed by atoms with Gasteiger partial charge in [-0.2, -0.15) is 0 Å². The van der Waals surface area contributed by atoms with Gasteiger partial charge in [-0.1, -0.05) is 6.07 Å². The molecule has 0 saturated carbocycles. The summed E-state index contributed by atoms with van der Waals surface area (Å²) >= 11 is 1.40. The van der Waals surface area contributed by atoms with Crippen LogP contribution in [0.3, 0.4) is 0 Å². The number of nitrogens with zero attached hydrogens (tertiary/aromatic N) is 2. The molecule has 1 aliphatic rings. The second-order valence-corrected chi connectivity index (χ2v) is 5.63. The van der Waals surface area contributed by atoms with Crippen molar-refractivity contribution in [3.63, 3.8) is 0 Å². The van der Waals surface area contributed by atoms with Crippen LogP contribution in [0.25, 0.3) is 0 Å². The van der Waals surface area contributed by atoms with Gasteiger partial charge < -0.3 is 4.90 Å². The second-order valence-electron chi connectivity index (χ2n) is 4.71. The molecule has 102 valence electrons. The molecule has 0 atom stereocenters. The first kappa shape index (κ1) is 12.8. The van der Waals surface area contributed by atoms with Crippen molar-refractivity contribution < 1.29 is 9.72 Å². The Morgan fingerprint density at radius 1 is 1.40 bits per heavy atom. The molecule has 0 spiro atoms. The minimum atomic E-state index is -0.433. The predicted molar refractivity (Wildman–Crippen MR) is 77.5 cm³/mol. The van der Waals surface area contributed by atoms with E-state index in [9.17, 15) is 14.9 Å². The fraction of sp³-hybridized carbons (Fsp3) is 0.214. The molecule has 0 N–H and O–H groups in total. The van der Waals surface area contributed by atoms with E-state index in [2.05, 4.69) is 0 Å². The van der Waals surface area contributed by atoms with Crippen LogP contribution < -0.4 is 4.90 Å². The van der Waals surface area contributed by atoms with Crippen molar-refractivity contribution in [3.05, 3.63) is 55.8 Å². The lowest BCUT2D eigenvalue weighted by atomic mass is 10.1. The average molecular weight is 288 g/mol. The largest absolute Gasteiger partial charge is 0.307 e. The number of thiophene rings is 1. The van der Waals surface area contributed by atoms with Crippen molar-refractivity contribution in [2.24, 2.45) is 0 Å². The van der Waals surface area contributed by atoms with Crippen molar-refractivity contribution in [2.75, 3.05) is 11.4 Å². The third kappa shape index (κ3) is 1.98. The van der Waals surface area contributed by atoms with Crippen LogP contribution in [0.5, 0.6) is 0 Å². The Labute approximate surface area is 119 Å². The summed E-state index contributed by atoms with van der Waals surface area (Å²) in [5.41, 5.74) is 2.61. The normalized spacial score (nSPS) is 13.3. The van der Waals surface area contributed by atoms with Crippen LogP contribution in [0, 0.1) is 17.0 Å². The van der Waals surface area contributed by atoms with Gasteiger partial charge in [0.15, 0.2) is 0 Å². The Hall–Kier alpha value is -2.21. The molecule has 0 fully saturated rings. The Bertz CT molecular complexity index is 708. The summed E-state index contributed by atoms with van der Waals surface area (Å²) in [6.07, 6.45) is 0.740. The quantitative estimate of drug-likeness (QED) is 0.630. The van der Waals surface area contributed by atoms with E-state index in [1.54, 1.807) is 11.0 Å². The number of amides is 1. The maximum atomic E-state index is 12.5. The number of carbonyl (C=O) groups excluding carboxylic acids is 1. The maximum Gasteiger partial charge on any atom is 0.271 e. The van der Waals surface area contributed by atoms with E-state index in [4.69, 9.17) is 0 Å². The van der Waals surface area contributed by atoms with E-state index in [1.807, 2.05) is 18.4 Å². The number of benzene rings is 1. The molecule has 0 saturated heterocycles. The zero-order valence-corrected chi connectivity index (χ0v) is 11.6. The third-order valence-electron chi connectivity index (χ3n) is 3.48. The summed E-state index contributed by atoms with van der Waals surface area (Å²) in [4.78, 5) is 25.3. The van der Waals surface area contributed by atoms with Gasteiger partial charge in [0.2, 0.25) is 0 Å². The van der Waals surface area contributed by atoms with Gasteiger partial charge in [-0.05, 0) is 35.9 Å². The summed E-state index contributed by atoms with van der Waals surface area (Å²) in [7, 11) is 0. The number of anilines is 1. The topological polar surface area (TPSA) is 63.5 Å². The molecular formula is C14H12N2O3S. The van der Waals surface area contributed by atoms with Crippen LogP contribution in [-0.4, -0.2) is 17.4 Å². The maximum absolute atomic E-state index is 12.5. The molecule has 6 heteroatoms. The number of fused-ring (bicyclic) bond motifs is 1. The molecule has 1 aromatic carbocycles. The first-order valence-electron chi connectivity index (χ1n) is 6.21. The Kier molecular flexibility index (Phi) is 3.02. The number of aryl methyl sites for hydroxylation is 1. The van der Waals surface area contributed by atoms with Gasteiger partial charge in [0.1, 0.15) is 0 Å². The molecule has 2 heterocycles. The van der Waals surface area contributed by atoms with Crippen LogP contribution >= 0.6 is 11.3 Å². The minimum Gasteiger partial charge on any atom is -0.307 e. The van der Waals surface area contributed by atoms with Crippen molar-refractivity contribution in [1.29, 1.82) is 0 Å². The Morgan fingerprint density at radius 2 is 2.20 bits per heavy atom.